The number of rotatable bonds is 8. The highest BCUT2D eigenvalue weighted by atomic mass is 32.2. The molecule has 0 radical (unpaired) electrons. The molecule has 3 nitrogen and oxygen atoms in total. The van der Waals surface area contributed by atoms with Gasteiger partial charge in [-0.15, -0.1) is 0 Å². The summed E-state index contributed by atoms with van der Waals surface area (Å²) in [6, 6.07) is 5.20. The molecule has 108 valence electrons. The molecule has 4 heteroatoms. The van der Waals surface area contributed by atoms with Crippen molar-refractivity contribution in [1.82, 2.24) is 10.3 Å². The van der Waals surface area contributed by atoms with Crippen molar-refractivity contribution in [3.63, 3.8) is 0 Å². The zero-order valence-corrected chi connectivity index (χ0v) is 13.6. The van der Waals surface area contributed by atoms with Crippen molar-refractivity contribution >= 4 is 17.4 Å². The van der Waals surface area contributed by atoms with E-state index in [1.165, 1.54) is 5.69 Å². The lowest BCUT2D eigenvalue weighted by atomic mass is 10.2. The maximum Gasteiger partial charge on any atom is 0.0572 e. The molecular formula is C15H27N3S. The Bertz CT molecular complexity index is 353. The molecule has 2 atom stereocenters. The number of hydrogen-bond acceptors (Lipinski definition) is 4. The van der Waals surface area contributed by atoms with E-state index in [0.717, 1.165) is 24.4 Å². The van der Waals surface area contributed by atoms with Gasteiger partial charge in [-0.1, -0.05) is 13.8 Å². The van der Waals surface area contributed by atoms with Crippen LogP contribution in [0.3, 0.4) is 0 Å². The number of pyridine rings is 1. The van der Waals surface area contributed by atoms with E-state index >= 15 is 0 Å². The number of nitrogens with zero attached hydrogens (tertiary/aromatic N) is 2. The molecule has 1 N–H and O–H groups in total. The lowest BCUT2D eigenvalue weighted by Gasteiger charge is -2.28. The van der Waals surface area contributed by atoms with Gasteiger partial charge in [0.2, 0.25) is 0 Å². The number of hydrogen-bond donors (Lipinski definition) is 1. The van der Waals surface area contributed by atoms with E-state index in [1.807, 2.05) is 18.0 Å². The van der Waals surface area contributed by atoms with E-state index in [9.17, 15) is 0 Å². The summed E-state index contributed by atoms with van der Waals surface area (Å²) in [5, 5.41) is 3.39. The molecule has 0 aliphatic rings. The number of anilines is 1. The van der Waals surface area contributed by atoms with Crippen LogP contribution < -0.4 is 10.2 Å². The molecule has 0 aromatic carbocycles. The number of thioether (sulfide) groups is 1. The molecule has 0 bridgehead atoms. The highest BCUT2D eigenvalue weighted by Crippen LogP contribution is 2.19. The van der Waals surface area contributed by atoms with E-state index in [-0.39, 0.29) is 0 Å². The minimum absolute atomic E-state index is 0.317. The van der Waals surface area contributed by atoms with Crippen LogP contribution in [0.2, 0.25) is 0 Å². The van der Waals surface area contributed by atoms with Crippen LogP contribution in [-0.4, -0.2) is 36.6 Å². The third-order valence-electron chi connectivity index (χ3n) is 3.51. The van der Waals surface area contributed by atoms with E-state index in [4.69, 9.17) is 0 Å². The van der Waals surface area contributed by atoms with Gasteiger partial charge in [-0.05, 0) is 38.3 Å². The first-order valence-corrected chi connectivity index (χ1v) is 8.44. The molecule has 19 heavy (non-hydrogen) atoms. The molecule has 2 unspecified atom stereocenters. The lowest BCUT2D eigenvalue weighted by molar-refractivity contribution is 0.583. The fraction of sp³-hybridized carbons (Fsp3) is 0.667. The van der Waals surface area contributed by atoms with Gasteiger partial charge in [-0.2, -0.15) is 11.8 Å². The molecule has 0 aliphatic heterocycles. The third kappa shape index (κ3) is 4.69. The summed E-state index contributed by atoms with van der Waals surface area (Å²) in [7, 11) is 2.16. The van der Waals surface area contributed by atoms with Gasteiger partial charge in [0.15, 0.2) is 0 Å². The minimum atomic E-state index is 0.317. The molecular weight excluding hydrogens is 254 g/mol. The fourth-order valence-electron chi connectivity index (χ4n) is 2.18. The van der Waals surface area contributed by atoms with Crippen molar-refractivity contribution in [2.75, 3.05) is 30.5 Å². The second kappa shape index (κ2) is 8.43. The highest BCUT2D eigenvalue weighted by molar-refractivity contribution is 7.98. The lowest BCUT2D eigenvalue weighted by Crippen LogP contribution is -2.33. The van der Waals surface area contributed by atoms with Gasteiger partial charge in [-0.25, -0.2) is 0 Å². The van der Waals surface area contributed by atoms with Gasteiger partial charge in [0, 0.05) is 24.9 Å². The van der Waals surface area contributed by atoms with Gasteiger partial charge in [0.1, 0.15) is 0 Å². The van der Waals surface area contributed by atoms with E-state index < -0.39 is 0 Å². The molecule has 0 spiro atoms. The van der Waals surface area contributed by atoms with E-state index in [2.05, 4.69) is 61.4 Å². The van der Waals surface area contributed by atoms with Crippen molar-refractivity contribution in [2.24, 2.45) is 0 Å². The Balaban J connectivity index is 2.74. The predicted molar refractivity (Wildman–Crippen MR) is 87.2 cm³/mol. The first-order valence-electron chi connectivity index (χ1n) is 7.05. The monoisotopic (exact) mass is 281 g/mol. The van der Waals surface area contributed by atoms with Gasteiger partial charge in [0.25, 0.3) is 0 Å². The average Bonchev–Trinajstić information content (AvgIpc) is 2.44. The summed E-state index contributed by atoms with van der Waals surface area (Å²) in [4.78, 5) is 6.92. The maximum atomic E-state index is 4.58. The van der Waals surface area contributed by atoms with Gasteiger partial charge in [-0.3, -0.25) is 4.98 Å². The SMILES string of the molecule is CCNC(C)c1ccc(N(C)C(CC)CSC)cn1. The second-order valence-corrected chi connectivity index (χ2v) is 5.76. The Kier molecular flexibility index (Phi) is 7.24. The predicted octanol–water partition coefficient (Wildman–Crippen LogP) is 3.33. The normalized spacial score (nSPS) is 14.2. The van der Waals surface area contributed by atoms with Crippen LogP contribution in [0.15, 0.2) is 18.3 Å². The van der Waals surface area contributed by atoms with Crippen LogP contribution in [0.25, 0.3) is 0 Å². The summed E-state index contributed by atoms with van der Waals surface area (Å²) in [5.41, 5.74) is 2.31. The average molecular weight is 281 g/mol. The topological polar surface area (TPSA) is 28.2 Å². The van der Waals surface area contributed by atoms with Crippen LogP contribution in [0.5, 0.6) is 0 Å². The summed E-state index contributed by atoms with van der Waals surface area (Å²) in [5.74, 6) is 1.16. The van der Waals surface area contributed by atoms with Crippen molar-refractivity contribution in [3.8, 4) is 0 Å². The minimum Gasteiger partial charge on any atom is -0.370 e. The zero-order valence-electron chi connectivity index (χ0n) is 12.8. The molecule has 0 amide bonds. The van der Waals surface area contributed by atoms with Crippen LogP contribution in [0, 0.1) is 0 Å². The molecule has 1 rings (SSSR count). The zero-order chi connectivity index (χ0) is 14.3. The fourth-order valence-corrected chi connectivity index (χ4v) is 3.02. The van der Waals surface area contributed by atoms with Crippen LogP contribution >= 0.6 is 11.8 Å². The largest absolute Gasteiger partial charge is 0.370 e. The Labute approximate surface area is 122 Å². The van der Waals surface area contributed by atoms with Gasteiger partial charge >= 0.3 is 0 Å². The van der Waals surface area contributed by atoms with Crippen molar-refractivity contribution in [1.29, 1.82) is 0 Å². The smallest absolute Gasteiger partial charge is 0.0572 e. The number of aromatic nitrogens is 1. The third-order valence-corrected chi connectivity index (χ3v) is 4.23. The molecule has 0 saturated heterocycles. The molecule has 0 fully saturated rings. The van der Waals surface area contributed by atoms with Gasteiger partial charge in [0.05, 0.1) is 17.6 Å². The molecule has 1 heterocycles. The van der Waals surface area contributed by atoms with Crippen LogP contribution in [-0.2, 0) is 0 Å². The Morgan fingerprint density at radius 2 is 2.11 bits per heavy atom. The van der Waals surface area contributed by atoms with Crippen molar-refractivity contribution in [2.45, 2.75) is 39.3 Å². The first kappa shape index (κ1) is 16.3. The van der Waals surface area contributed by atoms with Crippen molar-refractivity contribution in [3.05, 3.63) is 24.0 Å². The molecule has 0 saturated carbocycles. The Hall–Kier alpha value is -0.740. The second-order valence-electron chi connectivity index (χ2n) is 4.85. The van der Waals surface area contributed by atoms with E-state index in [1.54, 1.807) is 0 Å². The van der Waals surface area contributed by atoms with Gasteiger partial charge < -0.3 is 10.2 Å². The van der Waals surface area contributed by atoms with Crippen LogP contribution in [0.1, 0.15) is 38.9 Å². The van der Waals surface area contributed by atoms with Crippen molar-refractivity contribution < 1.29 is 0 Å². The summed E-state index contributed by atoms with van der Waals surface area (Å²) < 4.78 is 0. The summed E-state index contributed by atoms with van der Waals surface area (Å²) >= 11 is 1.90. The summed E-state index contributed by atoms with van der Waals surface area (Å²) in [6.45, 7) is 7.48. The van der Waals surface area contributed by atoms with Crippen LogP contribution in [0.4, 0.5) is 5.69 Å². The molecule has 1 aromatic rings. The summed E-state index contributed by atoms with van der Waals surface area (Å²) in [6.07, 6.45) is 5.31. The maximum absolute atomic E-state index is 4.58. The Morgan fingerprint density at radius 1 is 1.37 bits per heavy atom. The quantitative estimate of drug-likeness (QED) is 0.791. The standard InChI is InChI=1S/C15H27N3S/c1-6-13(11-19-5)18(4)14-8-9-15(17-10-14)12(3)16-7-2/h8-10,12-13,16H,6-7,11H2,1-5H3. The molecule has 0 aliphatic carbocycles. The number of nitrogens with one attached hydrogen (secondary N) is 1. The first-order chi connectivity index (χ1) is 9.13. The Morgan fingerprint density at radius 3 is 2.58 bits per heavy atom. The molecule has 1 aromatic heterocycles. The highest BCUT2D eigenvalue weighted by Gasteiger charge is 2.13. The van der Waals surface area contributed by atoms with E-state index in [0.29, 0.717) is 12.1 Å².